The van der Waals surface area contributed by atoms with Crippen molar-refractivity contribution in [1.29, 1.82) is 0 Å². The first kappa shape index (κ1) is 72.5. The second kappa shape index (κ2) is 29.8. The molecule has 0 aliphatic heterocycles. The summed E-state index contributed by atoms with van der Waals surface area (Å²) in [5, 5.41) is 17.7. The maximum atomic E-state index is 5.28. The summed E-state index contributed by atoms with van der Waals surface area (Å²) in [6.07, 6.45) is 5.68. The summed E-state index contributed by atoms with van der Waals surface area (Å²) in [5.41, 5.74) is 28.4. The van der Waals surface area contributed by atoms with Crippen LogP contribution in [0.4, 0.5) is 0 Å². The second-order valence-electron chi connectivity index (χ2n) is 31.9. The summed E-state index contributed by atoms with van der Waals surface area (Å²) in [4.78, 5) is 10.5. The Morgan fingerprint density at radius 3 is 0.968 bits per heavy atom. The van der Waals surface area contributed by atoms with Crippen LogP contribution in [0.3, 0.4) is 0 Å². The fourth-order valence-electron chi connectivity index (χ4n) is 19.7. The van der Waals surface area contributed by atoms with E-state index < -0.39 is 0 Å². The van der Waals surface area contributed by atoms with Gasteiger partial charge in [-0.2, -0.15) is 0 Å². The van der Waals surface area contributed by atoms with Crippen LogP contribution in [0.2, 0.25) is 0 Å². The molecule has 8 aromatic heterocycles. The van der Waals surface area contributed by atoms with Crippen molar-refractivity contribution in [2.45, 2.75) is 0 Å². The fraction of sp³-hybridized carbons (Fsp3) is 0. The highest BCUT2D eigenvalue weighted by molar-refractivity contribution is 7.26. The molecular weight excluding hydrogens is 1540 g/mol. The number of benzene rings is 18. The molecule has 9 heteroatoms. The molecule has 8 nitrogen and oxygen atoms in total. The van der Waals surface area contributed by atoms with Crippen molar-refractivity contribution in [2.24, 2.45) is 0 Å². The molecule has 0 N–H and O–H groups in total. The number of hydrogen-bond acceptors (Lipinski definition) is 3. The van der Waals surface area contributed by atoms with Crippen molar-refractivity contribution in [3.8, 4) is 56.6 Å². The van der Waals surface area contributed by atoms with Gasteiger partial charge in [-0.05, 0) is 168 Å². The summed E-state index contributed by atoms with van der Waals surface area (Å²) in [6.45, 7) is 7.96. The molecule has 26 aromatic rings. The maximum absolute atomic E-state index is 5.28. The fourth-order valence-corrected chi connectivity index (χ4v) is 20.9. The molecule has 8 heterocycles. The van der Waals surface area contributed by atoms with E-state index in [2.05, 4.69) is 429 Å². The number of nitrogens with zero attached hydrogens (tertiary/aromatic N) is 8. The van der Waals surface area contributed by atoms with Crippen LogP contribution in [0, 0.1) is 0 Å². The molecule has 0 fully saturated rings. The Kier molecular flexibility index (Phi) is 17.3. The average Bonchev–Trinajstić information content (AvgIpc) is 1.55. The molecule has 0 aliphatic rings. The van der Waals surface area contributed by atoms with Gasteiger partial charge in [0.05, 0.1) is 77.2 Å². The van der Waals surface area contributed by atoms with Crippen molar-refractivity contribution in [3.05, 3.63) is 456 Å². The average molecular weight is 1610 g/mol. The maximum Gasteiger partial charge on any atom is 0.165 e. The van der Waals surface area contributed by atoms with Gasteiger partial charge < -0.3 is 22.8 Å². The lowest BCUT2D eigenvalue weighted by atomic mass is 10.0. The van der Waals surface area contributed by atoms with Crippen LogP contribution >= 0.6 is 11.3 Å². The minimum atomic E-state index is 0.831. The van der Waals surface area contributed by atoms with Crippen molar-refractivity contribution in [2.75, 3.05) is 0 Å². The van der Waals surface area contributed by atoms with E-state index in [1.54, 1.807) is 6.08 Å². The summed E-state index contributed by atoms with van der Waals surface area (Å²) >= 11 is 1.89. The highest BCUT2D eigenvalue weighted by Gasteiger charge is 2.27. The standard InChI is InChI=1S/C42H26N2S.C38H24N4.C36H26N2/c1-3-13-27(14-4-1)33-25-29(26-34-30-17-9-12-22-39(30)45-42(33)34)44-36-21-11-8-19-32(36)41-38(44)24-23-37-40(41)31-18-7-10-20-35(31)43(37)28-15-5-2-6-16-28;1-3-13-25(14-4-1)37-38(40-30-20-10-9-19-29(30)39-37)42-32-22-12-8-18-28(32)36-34(42)24-23-33-35(36)27-17-7-11-21-31(27)41(33)26-15-5-2-6-16-26;1-3-4-12-25(2)26-19-21-28(22-20-26)38-32-18-11-9-16-30(32)36-34(38)24-23-33-35(36)29-15-8-10-17-31(29)37(33)27-13-6-5-7-14-27/h1-26H;1-24H;3-24H,1-2H2/b;;12-4-. The van der Waals surface area contributed by atoms with Gasteiger partial charge in [0.15, 0.2) is 5.82 Å². The van der Waals surface area contributed by atoms with Crippen LogP contribution < -0.4 is 0 Å². The van der Waals surface area contributed by atoms with E-state index in [0.29, 0.717) is 0 Å². The molecule has 0 unspecified atom stereocenters. The molecule has 0 saturated heterocycles. The molecule has 586 valence electrons. The lowest BCUT2D eigenvalue weighted by molar-refractivity contribution is 1.08. The van der Waals surface area contributed by atoms with Crippen molar-refractivity contribution < 1.29 is 0 Å². The molecule has 26 rings (SSSR count). The Morgan fingerprint density at radius 1 is 0.256 bits per heavy atom. The zero-order valence-electron chi connectivity index (χ0n) is 68.0. The highest BCUT2D eigenvalue weighted by Crippen LogP contribution is 2.49. The number of thiophene rings is 1. The molecule has 0 spiro atoms. The van der Waals surface area contributed by atoms with Crippen molar-refractivity contribution in [1.82, 2.24) is 37.4 Å². The summed E-state index contributed by atoms with van der Waals surface area (Å²) < 4.78 is 17.0. The first-order chi connectivity index (χ1) is 62.0. The van der Waals surface area contributed by atoms with Crippen LogP contribution in [-0.2, 0) is 0 Å². The zero-order chi connectivity index (χ0) is 82.7. The number of rotatable bonds is 11. The van der Waals surface area contributed by atoms with Crippen LogP contribution in [-0.4, -0.2) is 37.4 Å². The van der Waals surface area contributed by atoms with Gasteiger partial charge in [0, 0.05) is 124 Å². The van der Waals surface area contributed by atoms with E-state index in [0.717, 1.165) is 61.7 Å². The number of hydrogen-bond donors (Lipinski definition) is 0. The predicted molar refractivity (Wildman–Crippen MR) is 531 cm³/mol. The van der Waals surface area contributed by atoms with Crippen molar-refractivity contribution >= 4 is 179 Å². The van der Waals surface area contributed by atoms with E-state index in [-0.39, 0.29) is 0 Å². The lowest BCUT2D eigenvalue weighted by Gasteiger charge is -2.14. The number of allylic oxidation sites excluding steroid dienone is 4. The molecule has 18 aromatic carbocycles. The SMILES string of the molecule is C=C/C=C\C(=C)c1ccc(-n2c3ccccc3c3c4c5ccccc5n(-c5ccccc5)c4ccc32)cc1.c1ccc(-c2cc(-n3c4ccccc4c4c5c6ccccc6n(-c6ccccc6)c5ccc43)cc3c2sc2ccccc23)cc1.c1ccc(-c2nc3ccccc3nc2-n2c3ccccc3c3c4c5ccccc5n(-c5ccccc5)c4ccc32)cc1. The third-order valence-corrected chi connectivity index (χ3v) is 26.2. The van der Waals surface area contributed by atoms with Crippen LogP contribution in [0.1, 0.15) is 5.56 Å². The Hall–Kier alpha value is -16.5. The van der Waals surface area contributed by atoms with Crippen LogP contribution in [0.25, 0.3) is 224 Å². The molecule has 125 heavy (non-hydrogen) atoms. The van der Waals surface area contributed by atoms with Gasteiger partial charge in [-0.15, -0.1) is 11.3 Å². The third kappa shape index (κ3) is 11.7. The second-order valence-corrected chi connectivity index (χ2v) is 33.0. The Morgan fingerprint density at radius 2 is 0.568 bits per heavy atom. The molecule has 0 bridgehead atoms. The normalized spacial score (nSPS) is 11.9. The molecule has 0 saturated carbocycles. The van der Waals surface area contributed by atoms with E-state index in [9.17, 15) is 0 Å². The van der Waals surface area contributed by atoms with E-state index in [1.165, 1.54) is 168 Å². The van der Waals surface area contributed by atoms with Crippen LogP contribution in [0.5, 0.6) is 0 Å². The summed E-state index contributed by atoms with van der Waals surface area (Å²) in [6, 6.07) is 150. The topological polar surface area (TPSA) is 55.4 Å². The molecular formula is C116H76N8S. The quantitative estimate of drug-likeness (QED) is 0.121. The molecule has 0 aliphatic carbocycles. The van der Waals surface area contributed by atoms with Gasteiger partial charge in [0.1, 0.15) is 5.69 Å². The molecule has 0 radical (unpaired) electrons. The van der Waals surface area contributed by atoms with E-state index >= 15 is 0 Å². The van der Waals surface area contributed by atoms with Gasteiger partial charge >= 0.3 is 0 Å². The smallest absolute Gasteiger partial charge is 0.165 e. The Bertz CT molecular complexity index is 8860. The largest absolute Gasteiger partial charge is 0.309 e. The van der Waals surface area contributed by atoms with Gasteiger partial charge in [-0.1, -0.05) is 298 Å². The third-order valence-electron chi connectivity index (χ3n) is 25.0. The molecule has 0 amide bonds. The van der Waals surface area contributed by atoms with Crippen molar-refractivity contribution in [3.63, 3.8) is 0 Å². The van der Waals surface area contributed by atoms with Crippen LogP contribution in [0.15, 0.2) is 450 Å². The monoisotopic (exact) mass is 1610 g/mol. The number of aromatic nitrogens is 8. The van der Waals surface area contributed by atoms with E-state index in [4.69, 9.17) is 9.97 Å². The zero-order valence-corrected chi connectivity index (χ0v) is 68.8. The first-order valence-electron chi connectivity index (χ1n) is 42.4. The van der Waals surface area contributed by atoms with Gasteiger partial charge in [-0.25, -0.2) is 9.97 Å². The molecule has 0 atom stereocenters. The summed E-state index contributed by atoms with van der Waals surface area (Å²) in [5.74, 6) is 0.831. The van der Waals surface area contributed by atoms with E-state index in [1.807, 2.05) is 53.8 Å². The Balaban J connectivity index is 0.000000106. The number of fused-ring (bicyclic) bond motifs is 25. The Labute approximate surface area is 723 Å². The number of para-hydroxylation sites is 11. The van der Waals surface area contributed by atoms with Gasteiger partial charge in [-0.3, -0.25) is 4.57 Å². The minimum Gasteiger partial charge on any atom is -0.309 e. The van der Waals surface area contributed by atoms with Gasteiger partial charge in [0.25, 0.3) is 0 Å². The lowest BCUT2D eigenvalue weighted by Crippen LogP contribution is -2.03. The van der Waals surface area contributed by atoms with Gasteiger partial charge in [0.2, 0.25) is 0 Å². The first-order valence-corrected chi connectivity index (χ1v) is 43.2. The predicted octanol–water partition coefficient (Wildman–Crippen LogP) is 31.0. The summed E-state index contributed by atoms with van der Waals surface area (Å²) in [7, 11) is 0. The minimum absolute atomic E-state index is 0.831. The highest BCUT2D eigenvalue weighted by atomic mass is 32.1.